The van der Waals surface area contributed by atoms with Gasteiger partial charge in [0.15, 0.2) is 5.65 Å². The number of nitrogens with one attached hydrogen (secondary N) is 1. The van der Waals surface area contributed by atoms with Gasteiger partial charge in [-0.1, -0.05) is 24.3 Å². The number of imidazole rings is 1. The van der Waals surface area contributed by atoms with E-state index in [1.807, 2.05) is 35.7 Å². The summed E-state index contributed by atoms with van der Waals surface area (Å²) in [6.45, 7) is 5.82. The number of para-hydroxylation sites is 3. The Kier molecular flexibility index (Phi) is 3.97. The molecule has 0 bridgehead atoms. The molecule has 0 aliphatic rings. The number of fused-ring (bicyclic) bond motifs is 4. The van der Waals surface area contributed by atoms with Crippen molar-refractivity contribution in [2.24, 2.45) is 0 Å². The molecular weight excluding hydrogens is 348 g/mol. The van der Waals surface area contributed by atoms with Crippen LogP contribution >= 0.6 is 0 Å². The molecule has 0 atom stereocenters. The molecule has 0 saturated heterocycles. The Morgan fingerprint density at radius 3 is 2.61 bits per heavy atom. The number of anilines is 1. The van der Waals surface area contributed by atoms with Gasteiger partial charge < -0.3 is 9.88 Å². The van der Waals surface area contributed by atoms with Crippen molar-refractivity contribution in [1.29, 1.82) is 0 Å². The third kappa shape index (κ3) is 2.78. The first-order chi connectivity index (χ1) is 13.7. The van der Waals surface area contributed by atoms with Crippen LogP contribution in [0.5, 0.6) is 0 Å². The fraction of sp³-hybridized carbons (Fsp3) is 0.227. The summed E-state index contributed by atoms with van der Waals surface area (Å²) in [4.78, 5) is 9.44. The van der Waals surface area contributed by atoms with E-state index < -0.39 is 0 Å². The SMILES string of the molecule is Cc1cc2nc(NCCCn3c(C)nc4ccccc43)c3ccccc3n2n1. The molecule has 2 aromatic carbocycles. The molecule has 0 radical (unpaired) electrons. The van der Waals surface area contributed by atoms with Crippen molar-refractivity contribution in [3.8, 4) is 0 Å². The van der Waals surface area contributed by atoms with Gasteiger partial charge in [0, 0.05) is 24.5 Å². The van der Waals surface area contributed by atoms with Gasteiger partial charge in [-0.05, 0) is 44.5 Å². The Morgan fingerprint density at radius 2 is 1.71 bits per heavy atom. The van der Waals surface area contributed by atoms with Gasteiger partial charge in [0.2, 0.25) is 0 Å². The van der Waals surface area contributed by atoms with Crippen molar-refractivity contribution >= 4 is 33.4 Å². The van der Waals surface area contributed by atoms with Crippen LogP contribution in [0.15, 0.2) is 54.6 Å². The van der Waals surface area contributed by atoms with Crippen LogP contribution in [-0.2, 0) is 6.54 Å². The maximum atomic E-state index is 4.80. The minimum atomic E-state index is 0.840. The van der Waals surface area contributed by atoms with E-state index in [1.165, 1.54) is 5.52 Å². The van der Waals surface area contributed by atoms with Crippen LogP contribution < -0.4 is 5.32 Å². The zero-order valence-corrected chi connectivity index (χ0v) is 16.1. The van der Waals surface area contributed by atoms with Gasteiger partial charge in [0.25, 0.3) is 0 Å². The molecule has 5 aromatic rings. The van der Waals surface area contributed by atoms with Crippen LogP contribution in [-0.4, -0.2) is 30.7 Å². The Hall–Kier alpha value is -3.41. The highest BCUT2D eigenvalue weighted by Gasteiger charge is 2.10. The summed E-state index contributed by atoms with van der Waals surface area (Å²) in [5, 5.41) is 9.19. The lowest BCUT2D eigenvalue weighted by molar-refractivity contribution is 0.658. The van der Waals surface area contributed by atoms with Crippen molar-refractivity contribution < 1.29 is 0 Å². The van der Waals surface area contributed by atoms with Crippen molar-refractivity contribution in [1.82, 2.24) is 24.1 Å². The van der Waals surface area contributed by atoms with Crippen molar-refractivity contribution in [3.05, 3.63) is 66.1 Å². The van der Waals surface area contributed by atoms with Crippen molar-refractivity contribution in [3.63, 3.8) is 0 Å². The molecule has 5 rings (SSSR count). The van der Waals surface area contributed by atoms with Crippen molar-refractivity contribution in [2.75, 3.05) is 11.9 Å². The molecule has 0 aliphatic heterocycles. The monoisotopic (exact) mass is 370 g/mol. The van der Waals surface area contributed by atoms with Crippen LogP contribution in [0.3, 0.4) is 0 Å². The summed E-state index contributed by atoms with van der Waals surface area (Å²) in [5.41, 5.74) is 5.16. The second-order valence-corrected chi connectivity index (χ2v) is 7.11. The lowest BCUT2D eigenvalue weighted by Gasteiger charge is -2.11. The van der Waals surface area contributed by atoms with Crippen LogP contribution in [0, 0.1) is 13.8 Å². The predicted octanol–water partition coefficient (Wildman–Crippen LogP) is 4.35. The molecule has 6 heteroatoms. The Labute approximate surface area is 162 Å². The first-order valence-corrected chi connectivity index (χ1v) is 9.61. The van der Waals surface area contributed by atoms with E-state index in [0.717, 1.165) is 58.9 Å². The molecule has 3 aromatic heterocycles. The topological polar surface area (TPSA) is 60.0 Å². The highest BCUT2D eigenvalue weighted by molar-refractivity contribution is 5.91. The predicted molar refractivity (Wildman–Crippen MR) is 113 cm³/mol. The molecule has 140 valence electrons. The van der Waals surface area contributed by atoms with E-state index >= 15 is 0 Å². The summed E-state index contributed by atoms with van der Waals surface area (Å²) in [7, 11) is 0. The molecule has 0 aliphatic carbocycles. The molecule has 0 spiro atoms. The lowest BCUT2D eigenvalue weighted by Crippen LogP contribution is -2.10. The Morgan fingerprint density at radius 1 is 0.929 bits per heavy atom. The third-order valence-corrected chi connectivity index (χ3v) is 5.12. The Balaban J connectivity index is 1.38. The fourth-order valence-electron chi connectivity index (χ4n) is 3.83. The van der Waals surface area contributed by atoms with Crippen LogP contribution in [0.25, 0.3) is 27.6 Å². The second-order valence-electron chi connectivity index (χ2n) is 7.11. The third-order valence-electron chi connectivity index (χ3n) is 5.12. The van der Waals surface area contributed by atoms with Crippen LogP contribution in [0.2, 0.25) is 0 Å². The van der Waals surface area contributed by atoms with Gasteiger partial charge in [-0.15, -0.1) is 0 Å². The van der Waals surface area contributed by atoms with E-state index in [9.17, 15) is 0 Å². The number of benzene rings is 2. The van der Waals surface area contributed by atoms with Gasteiger partial charge in [-0.3, -0.25) is 0 Å². The molecule has 28 heavy (non-hydrogen) atoms. The molecular formula is C22H22N6. The quantitative estimate of drug-likeness (QED) is 0.467. The summed E-state index contributed by atoms with van der Waals surface area (Å²) in [6, 6.07) is 18.6. The number of nitrogens with zero attached hydrogens (tertiary/aromatic N) is 5. The van der Waals surface area contributed by atoms with Gasteiger partial charge >= 0.3 is 0 Å². The maximum Gasteiger partial charge on any atom is 0.158 e. The van der Waals surface area contributed by atoms with Gasteiger partial charge in [0.05, 0.1) is 22.2 Å². The zero-order chi connectivity index (χ0) is 19.1. The zero-order valence-electron chi connectivity index (χ0n) is 16.1. The minimum absolute atomic E-state index is 0.840. The minimum Gasteiger partial charge on any atom is -0.369 e. The molecule has 0 unspecified atom stereocenters. The van der Waals surface area contributed by atoms with Crippen LogP contribution in [0.4, 0.5) is 5.82 Å². The largest absolute Gasteiger partial charge is 0.369 e. The highest BCUT2D eigenvalue weighted by atomic mass is 15.3. The van der Waals surface area contributed by atoms with Gasteiger partial charge in [-0.2, -0.15) is 5.10 Å². The lowest BCUT2D eigenvalue weighted by atomic mass is 10.2. The van der Waals surface area contributed by atoms with E-state index in [4.69, 9.17) is 4.98 Å². The Bertz CT molecular complexity index is 1300. The number of aromatic nitrogens is 5. The van der Waals surface area contributed by atoms with E-state index in [-0.39, 0.29) is 0 Å². The van der Waals surface area contributed by atoms with Gasteiger partial charge in [-0.25, -0.2) is 14.5 Å². The number of aryl methyl sites for hydroxylation is 3. The fourth-order valence-corrected chi connectivity index (χ4v) is 3.83. The highest BCUT2D eigenvalue weighted by Crippen LogP contribution is 2.23. The first-order valence-electron chi connectivity index (χ1n) is 9.61. The molecule has 0 fully saturated rings. The van der Waals surface area contributed by atoms with E-state index in [2.05, 4.69) is 57.2 Å². The molecule has 0 saturated carbocycles. The number of rotatable bonds is 5. The summed E-state index contributed by atoms with van der Waals surface area (Å²) >= 11 is 0. The molecule has 3 heterocycles. The molecule has 0 amide bonds. The summed E-state index contributed by atoms with van der Waals surface area (Å²) in [5.74, 6) is 1.97. The van der Waals surface area contributed by atoms with E-state index in [0.29, 0.717) is 0 Å². The average molecular weight is 370 g/mol. The van der Waals surface area contributed by atoms with Gasteiger partial charge in [0.1, 0.15) is 11.6 Å². The molecule has 1 N–H and O–H groups in total. The maximum absolute atomic E-state index is 4.80. The van der Waals surface area contributed by atoms with E-state index in [1.54, 1.807) is 0 Å². The smallest absolute Gasteiger partial charge is 0.158 e. The number of hydrogen-bond donors (Lipinski definition) is 1. The van der Waals surface area contributed by atoms with Crippen molar-refractivity contribution in [2.45, 2.75) is 26.8 Å². The summed E-state index contributed by atoms with van der Waals surface area (Å²) < 4.78 is 4.20. The normalized spacial score (nSPS) is 11.6. The van der Waals surface area contributed by atoms with Crippen LogP contribution in [0.1, 0.15) is 17.9 Å². The second kappa shape index (κ2) is 6.64. The first kappa shape index (κ1) is 16.7. The standard InChI is InChI=1S/C22H22N6/c1-15-14-21-25-22(17-8-3-5-10-19(17)28(21)26-15)23-12-7-13-27-16(2)24-18-9-4-6-11-20(18)27/h3-6,8-11,14H,7,12-13H2,1-2H3,(H,23,25). The summed E-state index contributed by atoms with van der Waals surface area (Å²) in [6.07, 6.45) is 0.987. The average Bonchev–Trinajstić information content (AvgIpc) is 3.24. The molecule has 6 nitrogen and oxygen atoms in total. The number of hydrogen-bond acceptors (Lipinski definition) is 4.